The van der Waals surface area contributed by atoms with Crippen LogP contribution in [0.2, 0.25) is 0 Å². The van der Waals surface area contributed by atoms with Gasteiger partial charge < -0.3 is 5.32 Å². The Morgan fingerprint density at radius 2 is 1.77 bits per heavy atom. The highest BCUT2D eigenvalue weighted by Crippen LogP contribution is 2.36. The van der Waals surface area contributed by atoms with Crippen molar-refractivity contribution in [2.45, 2.75) is 57.9 Å². The molecule has 76 valence electrons. The van der Waals surface area contributed by atoms with Crippen LogP contribution in [0, 0.1) is 11.8 Å². The highest BCUT2D eigenvalue weighted by atomic mass is 14.9. The van der Waals surface area contributed by atoms with Crippen LogP contribution in [-0.2, 0) is 0 Å². The predicted molar refractivity (Wildman–Crippen MR) is 56.8 cm³/mol. The number of hydrogen-bond donors (Lipinski definition) is 1. The van der Waals surface area contributed by atoms with E-state index >= 15 is 0 Å². The van der Waals surface area contributed by atoms with Gasteiger partial charge in [-0.2, -0.15) is 0 Å². The molecule has 2 saturated carbocycles. The Labute approximate surface area is 82.3 Å². The van der Waals surface area contributed by atoms with Gasteiger partial charge in [0.1, 0.15) is 0 Å². The summed E-state index contributed by atoms with van der Waals surface area (Å²) in [5.74, 6) is 2.00. The summed E-state index contributed by atoms with van der Waals surface area (Å²) in [7, 11) is 0. The van der Waals surface area contributed by atoms with Gasteiger partial charge in [-0.15, -0.1) is 0 Å². The quantitative estimate of drug-likeness (QED) is 0.703. The van der Waals surface area contributed by atoms with Crippen molar-refractivity contribution in [2.24, 2.45) is 11.8 Å². The molecule has 1 heteroatoms. The van der Waals surface area contributed by atoms with Crippen LogP contribution < -0.4 is 5.32 Å². The standard InChI is InChI=1S/C12H23N/c1-10(11-7-8-11)9-13-12-5-3-2-4-6-12/h10-13H,2-9H2,1H3. The highest BCUT2D eigenvalue weighted by Gasteiger charge is 2.28. The van der Waals surface area contributed by atoms with Gasteiger partial charge >= 0.3 is 0 Å². The maximum Gasteiger partial charge on any atom is 0.00671 e. The summed E-state index contributed by atoms with van der Waals surface area (Å²) in [5, 5.41) is 3.74. The summed E-state index contributed by atoms with van der Waals surface area (Å²) in [6, 6.07) is 0.856. The molecule has 1 atom stereocenters. The Morgan fingerprint density at radius 1 is 1.08 bits per heavy atom. The van der Waals surface area contributed by atoms with Crippen molar-refractivity contribution < 1.29 is 0 Å². The Kier molecular flexibility index (Phi) is 3.26. The van der Waals surface area contributed by atoms with Crippen LogP contribution in [-0.4, -0.2) is 12.6 Å². The van der Waals surface area contributed by atoms with E-state index in [0.717, 1.165) is 17.9 Å². The number of nitrogens with one attached hydrogen (secondary N) is 1. The summed E-state index contributed by atoms with van der Waals surface area (Å²) in [6.07, 6.45) is 10.2. The lowest BCUT2D eigenvalue weighted by molar-refractivity contribution is 0.342. The van der Waals surface area contributed by atoms with Gasteiger partial charge in [-0.25, -0.2) is 0 Å². The lowest BCUT2D eigenvalue weighted by Crippen LogP contribution is -2.34. The van der Waals surface area contributed by atoms with E-state index in [-0.39, 0.29) is 0 Å². The average molecular weight is 181 g/mol. The minimum atomic E-state index is 0.856. The zero-order chi connectivity index (χ0) is 9.10. The third-order valence-electron chi connectivity index (χ3n) is 3.76. The molecule has 13 heavy (non-hydrogen) atoms. The fourth-order valence-corrected chi connectivity index (χ4v) is 2.49. The summed E-state index contributed by atoms with van der Waals surface area (Å²) >= 11 is 0. The van der Waals surface area contributed by atoms with E-state index < -0.39 is 0 Å². The van der Waals surface area contributed by atoms with Crippen LogP contribution >= 0.6 is 0 Å². The first kappa shape index (κ1) is 9.51. The molecule has 2 aliphatic carbocycles. The maximum atomic E-state index is 3.74. The molecule has 0 spiro atoms. The van der Waals surface area contributed by atoms with Crippen molar-refractivity contribution in [2.75, 3.05) is 6.54 Å². The second kappa shape index (κ2) is 4.45. The molecule has 0 radical (unpaired) electrons. The molecule has 0 saturated heterocycles. The van der Waals surface area contributed by atoms with Crippen LogP contribution in [0.25, 0.3) is 0 Å². The monoisotopic (exact) mass is 181 g/mol. The Balaban J connectivity index is 1.60. The first-order valence-electron chi connectivity index (χ1n) is 6.09. The molecule has 1 nitrogen and oxygen atoms in total. The van der Waals surface area contributed by atoms with E-state index in [2.05, 4.69) is 12.2 Å². The molecule has 1 unspecified atom stereocenters. The molecule has 2 aliphatic rings. The molecule has 2 fully saturated rings. The number of rotatable bonds is 4. The van der Waals surface area contributed by atoms with E-state index in [4.69, 9.17) is 0 Å². The van der Waals surface area contributed by atoms with Crippen molar-refractivity contribution >= 4 is 0 Å². The molecule has 1 N–H and O–H groups in total. The van der Waals surface area contributed by atoms with Crippen molar-refractivity contribution in [3.05, 3.63) is 0 Å². The summed E-state index contributed by atoms with van der Waals surface area (Å²) < 4.78 is 0. The Bertz CT molecular complexity index is 145. The van der Waals surface area contributed by atoms with E-state index in [1.807, 2.05) is 0 Å². The average Bonchev–Trinajstić information content (AvgIpc) is 2.99. The second-order valence-corrected chi connectivity index (χ2v) is 5.06. The third-order valence-corrected chi connectivity index (χ3v) is 3.76. The lowest BCUT2D eigenvalue weighted by Gasteiger charge is -2.24. The van der Waals surface area contributed by atoms with Gasteiger partial charge in [-0.1, -0.05) is 26.2 Å². The fraction of sp³-hybridized carbons (Fsp3) is 1.00. The molecule has 2 rings (SSSR count). The third kappa shape index (κ3) is 2.98. The molecule has 0 aromatic carbocycles. The Morgan fingerprint density at radius 3 is 2.38 bits per heavy atom. The topological polar surface area (TPSA) is 12.0 Å². The first-order valence-corrected chi connectivity index (χ1v) is 6.09. The van der Waals surface area contributed by atoms with Gasteiger partial charge in [-0.05, 0) is 44.1 Å². The van der Waals surface area contributed by atoms with Crippen molar-refractivity contribution in [3.63, 3.8) is 0 Å². The Hall–Kier alpha value is -0.0400. The summed E-state index contributed by atoms with van der Waals surface area (Å²) in [4.78, 5) is 0. The van der Waals surface area contributed by atoms with Crippen LogP contribution in [0.1, 0.15) is 51.9 Å². The van der Waals surface area contributed by atoms with E-state index in [1.165, 1.54) is 51.5 Å². The van der Waals surface area contributed by atoms with E-state index in [1.54, 1.807) is 0 Å². The molecule has 0 aromatic rings. The van der Waals surface area contributed by atoms with Gasteiger partial charge in [0.2, 0.25) is 0 Å². The SMILES string of the molecule is CC(CNC1CCCCC1)C1CC1. The van der Waals surface area contributed by atoms with Gasteiger partial charge in [0.25, 0.3) is 0 Å². The van der Waals surface area contributed by atoms with Crippen LogP contribution in [0.4, 0.5) is 0 Å². The minimum absolute atomic E-state index is 0.856. The molecule has 0 aliphatic heterocycles. The molecular weight excluding hydrogens is 158 g/mol. The lowest BCUT2D eigenvalue weighted by atomic mass is 9.95. The second-order valence-electron chi connectivity index (χ2n) is 5.06. The van der Waals surface area contributed by atoms with Crippen LogP contribution in [0.5, 0.6) is 0 Å². The molecule has 0 heterocycles. The fourth-order valence-electron chi connectivity index (χ4n) is 2.49. The smallest absolute Gasteiger partial charge is 0.00671 e. The largest absolute Gasteiger partial charge is 0.314 e. The van der Waals surface area contributed by atoms with Gasteiger partial charge in [0.05, 0.1) is 0 Å². The van der Waals surface area contributed by atoms with Crippen molar-refractivity contribution in [3.8, 4) is 0 Å². The molecular formula is C12H23N. The van der Waals surface area contributed by atoms with Gasteiger partial charge in [-0.3, -0.25) is 0 Å². The van der Waals surface area contributed by atoms with Crippen molar-refractivity contribution in [1.29, 1.82) is 0 Å². The minimum Gasteiger partial charge on any atom is -0.314 e. The predicted octanol–water partition coefficient (Wildman–Crippen LogP) is 2.95. The van der Waals surface area contributed by atoms with Gasteiger partial charge in [0, 0.05) is 6.04 Å². The summed E-state index contributed by atoms with van der Waals surface area (Å²) in [6.45, 7) is 3.68. The molecule has 0 amide bonds. The van der Waals surface area contributed by atoms with Crippen LogP contribution in [0.3, 0.4) is 0 Å². The van der Waals surface area contributed by atoms with Gasteiger partial charge in [0.15, 0.2) is 0 Å². The molecule has 0 aromatic heterocycles. The molecule has 0 bridgehead atoms. The van der Waals surface area contributed by atoms with E-state index in [0.29, 0.717) is 0 Å². The van der Waals surface area contributed by atoms with E-state index in [9.17, 15) is 0 Å². The zero-order valence-corrected chi connectivity index (χ0v) is 8.89. The normalized spacial score (nSPS) is 27.5. The summed E-state index contributed by atoms with van der Waals surface area (Å²) in [5.41, 5.74) is 0. The highest BCUT2D eigenvalue weighted by molar-refractivity contribution is 4.81. The number of hydrogen-bond acceptors (Lipinski definition) is 1. The zero-order valence-electron chi connectivity index (χ0n) is 8.89. The maximum absolute atomic E-state index is 3.74. The van der Waals surface area contributed by atoms with Crippen LogP contribution in [0.15, 0.2) is 0 Å². The first-order chi connectivity index (χ1) is 6.36. The van der Waals surface area contributed by atoms with Crippen molar-refractivity contribution in [1.82, 2.24) is 5.32 Å².